The van der Waals surface area contributed by atoms with E-state index in [1.54, 1.807) is 0 Å². The number of aryl methyl sites for hydroxylation is 3. The van der Waals surface area contributed by atoms with Crippen LogP contribution in [0.2, 0.25) is 0 Å². The van der Waals surface area contributed by atoms with Crippen molar-refractivity contribution >= 4 is 46.2 Å². The molecule has 0 saturated carbocycles. The summed E-state index contributed by atoms with van der Waals surface area (Å²) in [6.45, 7) is 5.65. The van der Waals surface area contributed by atoms with Gasteiger partial charge in [0, 0.05) is 31.0 Å². The van der Waals surface area contributed by atoms with Crippen LogP contribution in [0.5, 0.6) is 0 Å². The molecule has 2 heterocycles. The van der Waals surface area contributed by atoms with Crippen molar-refractivity contribution in [3.05, 3.63) is 40.4 Å². The monoisotopic (exact) mass is 475 g/mol. The average Bonchev–Trinajstić information content (AvgIpc) is 3.35. The number of nitrogens with zero attached hydrogens (tertiary/aromatic N) is 2. The zero-order valence-corrected chi connectivity index (χ0v) is 20.1. The lowest BCUT2D eigenvalue weighted by molar-refractivity contribution is -0.135. The number of aromatic nitrogens is 1. The van der Waals surface area contributed by atoms with Crippen LogP contribution in [0, 0.1) is 12.3 Å². The highest BCUT2D eigenvalue weighted by atomic mass is 32.1. The Morgan fingerprint density at radius 3 is 2.33 bits per heavy atom. The van der Waals surface area contributed by atoms with Crippen LogP contribution >= 0.6 is 11.3 Å². The number of anilines is 2. The molecule has 180 valence electrons. The van der Waals surface area contributed by atoms with Crippen molar-refractivity contribution in [3.8, 4) is 0 Å². The SMILES string of the molecule is CC(=O)N1CCC[C@@H]1C(N)=O.CC(=O)Nc1nc(CCc2ccc(N)cc2)c(C)s1.N=CN. The smallest absolute Gasteiger partial charge is 0.240 e. The third kappa shape index (κ3) is 9.69. The largest absolute Gasteiger partial charge is 0.399 e. The van der Waals surface area contributed by atoms with E-state index < -0.39 is 5.91 Å². The number of carbonyl (C=O) groups is 3. The molecule has 1 saturated heterocycles. The molecule has 1 aromatic heterocycles. The summed E-state index contributed by atoms with van der Waals surface area (Å²) < 4.78 is 0. The van der Waals surface area contributed by atoms with Gasteiger partial charge in [-0.3, -0.25) is 19.8 Å². The fraction of sp³-hybridized carbons (Fsp3) is 0.409. The zero-order chi connectivity index (χ0) is 25.0. The number of nitrogens with two attached hydrogens (primary N) is 3. The number of benzene rings is 1. The fourth-order valence-corrected chi connectivity index (χ4v) is 4.16. The van der Waals surface area contributed by atoms with Gasteiger partial charge in [-0.15, -0.1) is 11.3 Å². The maximum atomic E-state index is 11.0. The molecule has 3 amide bonds. The number of nitrogens with one attached hydrogen (secondary N) is 2. The molecule has 10 nitrogen and oxygen atoms in total. The summed E-state index contributed by atoms with van der Waals surface area (Å²) in [6.07, 6.45) is 4.14. The molecule has 33 heavy (non-hydrogen) atoms. The van der Waals surface area contributed by atoms with Gasteiger partial charge in [0.2, 0.25) is 17.7 Å². The lowest BCUT2D eigenvalue weighted by Crippen LogP contribution is -2.42. The summed E-state index contributed by atoms with van der Waals surface area (Å²) in [7, 11) is 0. The van der Waals surface area contributed by atoms with Crippen molar-refractivity contribution in [1.29, 1.82) is 5.41 Å². The quantitative estimate of drug-likeness (QED) is 0.250. The van der Waals surface area contributed by atoms with Gasteiger partial charge in [-0.1, -0.05) is 12.1 Å². The van der Waals surface area contributed by atoms with Crippen molar-refractivity contribution in [3.63, 3.8) is 0 Å². The molecule has 0 unspecified atom stereocenters. The molecule has 0 aliphatic carbocycles. The van der Waals surface area contributed by atoms with E-state index in [4.69, 9.17) is 16.9 Å². The van der Waals surface area contributed by atoms with E-state index >= 15 is 0 Å². The highest BCUT2D eigenvalue weighted by molar-refractivity contribution is 7.15. The summed E-state index contributed by atoms with van der Waals surface area (Å²) in [6, 6.07) is 7.53. The van der Waals surface area contributed by atoms with Gasteiger partial charge in [-0.2, -0.15) is 0 Å². The van der Waals surface area contributed by atoms with Crippen LogP contribution in [0.4, 0.5) is 10.8 Å². The molecular weight excluding hydrogens is 442 g/mol. The second kappa shape index (κ2) is 13.8. The number of amides is 3. The second-order valence-corrected chi connectivity index (χ2v) is 8.59. The van der Waals surface area contributed by atoms with Gasteiger partial charge in [0.15, 0.2) is 5.13 Å². The maximum absolute atomic E-state index is 11.0. The minimum atomic E-state index is -0.391. The second-order valence-electron chi connectivity index (χ2n) is 7.38. The highest BCUT2D eigenvalue weighted by Gasteiger charge is 2.30. The fourth-order valence-electron chi connectivity index (χ4n) is 3.25. The van der Waals surface area contributed by atoms with Gasteiger partial charge in [-0.05, 0) is 50.3 Å². The molecule has 1 aliphatic heterocycles. The van der Waals surface area contributed by atoms with Crippen molar-refractivity contribution in [2.45, 2.75) is 52.5 Å². The van der Waals surface area contributed by atoms with Crippen molar-refractivity contribution < 1.29 is 14.4 Å². The van der Waals surface area contributed by atoms with E-state index in [9.17, 15) is 14.4 Å². The maximum Gasteiger partial charge on any atom is 0.240 e. The Balaban J connectivity index is 0.000000329. The molecule has 1 aliphatic rings. The first-order valence-electron chi connectivity index (χ1n) is 10.4. The summed E-state index contributed by atoms with van der Waals surface area (Å²) in [5.74, 6) is -0.539. The molecule has 2 aromatic rings. The van der Waals surface area contributed by atoms with Crippen LogP contribution < -0.4 is 22.5 Å². The molecular formula is C22H33N7O3S. The number of carbonyl (C=O) groups excluding carboxylic acids is 3. The number of rotatable bonds is 5. The van der Waals surface area contributed by atoms with E-state index in [1.807, 2.05) is 31.2 Å². The molecule has 11 heteroatoms. The Kier molecular flexibility index (Phi) is 11.6. The number of primary amides is 1. The average molecular weight is 476 g/mol. The van der Waals surface area contributed by atoms with Gasteiger partial charge >= 0.3 is 0 Å². The highest BCUT2D eigenvalue weighted by Crippen LogP contribution is 2.23. The third-order valence-electron chi connectivity index (χ3n) is 4.79. The van der Waals surface area contributed by atoms with Crippen molar-refractivity contribution in [2.24, 2.45) is 11.5 Å². The molecule has 1 fully saturated rings. The molecule has 1 aromatic carbocycles. The van der Waals surface area contributed by atoms with Crippen LogP contribution in [-0.2, 0) is 27.2 Å². The Labute approximate surface area is 198 Å². The van der Waals surface area contributed by atoms with Gasteiger partial charge in [0.25, 0.3) is 0 Å². The standard InChI is InChI=1S/C14H17N3OS.C7H12N2O2.CH4N2/c1-9-13(17-14(19-9)16-10(2)18)8-5-11-3-6-12(15)7-4-11;1-5(10)9-4-2-3-6(9)7(8)11;2-1-3/h3-4,6-7H,5,8,15H2,1-2H3,(H,16,17,18);6H,2-4H2,1H3,(H2,8,11);1H,(H3,2,3)/t;6-;/m.1./s1. The Bertz CT molecular complexity index is 924. The molecule has 0 bridgehead atoms. The Morgan fingerprint density at radius 2 is 1.85 bits per heavy atom. The first-order chi connectivity index (χ1) is 15.6. The van der Waals surface area contributed by atoms with Crippen LogP contribution in [0.1, 0.15) is 42.8 Å². The third-order valence-corrected chi connectivity index (χ3v) is 5.72. The first-order valence-corrected chi connectivity index (χ1v) is 11.3. The van der Waals surface area contributed by atoms with E-state index in [0.717, 1.165) is 48.3 Å². The van der Waals surface area contributed by atoms with Crippen molar-refractivity contribution in [1.82, 2.24) is 9.88 Å². The molecule has 8 N–H and O–H groups in total. The number of thiazole rings is 1. The molecule has 0 radical (unpaired) electrons. The van der Waals surface area contributed by atoms with Crippen LogP contribution in [0.15, 0.2) is 24.3 Å². The Morgan fingerprint density at radius 1 is 1.24 bits per heavy atom. The number of hydrogen-bond acceptors (Lipinski definition) is 7. The summed E-state index contributed by atoms with van der Waals surface area (Å²) in [5, 5.41) is 9.26. The predicted molar refractivity (Wildman–Crippen MR) is 132 cm³/mol. The summed E-state index contributed by atoms with van der Waals surface area (Å²) >= 11 is 1.52. The molecule has 1 atom stereocenters. The minimum Gasteiger partial charge on any atom is -0.399 e. The number of nitrogen functional groups attached to an aromatic ring is 1. The van der Waals surface area contributed by atoms with Crippen LogP contribution in [-0.4, -0.2) is 46.5 Å². The minimum absolute atomic E-state index is 0.0636. The van der Waals surface area contributed by atoms with Gasteiger partial charge in [0.1, 0.15) is 6.04 Å². The van der Waals surface area contributed by atoms with Gasteiger partial charge in [-0.25, -0.2) is 4.98 Å². The van der Waals surface area contributed by atoms with Crippen LogP contribution in [0.3, 0.4) is 0 Å². The summed E-state index contributed by atoms with van der Waals surface area (Å²) in [4.78, 5) is 39.7. The van der Waals surface area contributed by atoms with E-state index in [1.165, 1.54) is 35.6 Å². The van der Waals surface area contributed by atoms with Gasteiger partial charge in [0.05, 0.1) is 12.0 Å². The number of hydrogen-bond donors (Lipinski definition) is 5. The van der Waals surface area contributed by atoms with Gasteiger partial charge < -0.3 is 27.4 Å². The van der Waals surface area contributed by atoms with E-state index in [-0.39, 0.29) is 17.9 Å². The summed E-state index contributed by atoms with van der Waals surface area (Å²) in [5.41, 5.74) is 18.2. The number of likely N-dealkylation sites (tertiary alicyclic amines) is 1. The Hall–Kier alpha value is -3.47. The zero-order valence-electron chi connectivity index (χ0n) is 19.3. The molecule has 3 rings (SSSR count). The van der Waals surface area contributed by atoms with Crippen molar-refractivity contribution in [2.75, 3.05) is 17.6 Å². The lowest BCUT2D eigenvalue weighted by atomic mass is 10.1. The van der Waals surface area contributed by atoms with Crippen LogP contribution in [0.25, 0.3) is 0 Å². The topological polar surface area (TPSA) is 181 Å². The van der Waals surface area contributed by atoms with E-state index in [2.05, 4.69) is 16.0 Å². The molecule has 0 spiro atoms. The normalized spacial score (nSPS) is 14.3. The predicted octanol–water partition coefficient (Wildman–Crippen LogP) is 1.81. The lowest BCUT2D eigenvalue weighted by Gasteiger charge is -2.19. The first kappa shape index (κ1) is 27.6. The van der Waals surface area contributed by atoms with E-state index in [0.29, 0.717) is 11.7 Å².